The first-order valence-corrected chi connectivity index (χ1v) is 10.9. The molecule has 1 fully saturated rings. The number of ether oxygens (including phenoxy) is 2. The van der Waals surface area contributed by atoms with E-state index in [0.717, 1.165) is 17.2 Å². The second-order valence-corrected chi connectivity index (χ2v) is 7.81. The predicted octanol–water partition coefficient (Wildman–Crippen LogP) is 2.97. The summed E-state index contributed by atoms with van der Waals surface area (Å²) in [6.07, 6.45) is 1.76. The van der Waals surface area contributed by atoms with Gasteiger partial charge in [0.05, 0.1) is 7.11 Å². The van der Waals surface area contributed by atoms with Gasteiger partial charge in [0, 0.05) is 38.4 Å². The third kappa shape index (κ3) is 5.68. The fourth-order valence-electron chi connectivity index (χ4n) is 3.67. The van der Waals surface area contributed by atoms with Crippen molar-refractivity contribution in [2.45, 2.75) is 13.8 Å². The van der Waals surface area contributed by atoms with E-state index in [-0.39, 0.29) is 12.5 Å². The number of para-hydroxylation sites is 2. The van der Waals surface area contributed by atoms with Crippen molar-refractivity contribution in [1.82, 2.24) is 19.9 Å². The molecule has 0 aliphatic carbocycles. The van der Waals surface area contributed by atoms with Crippen LogP contribution in [0.4, 0.5) is 17.5 Å². The summed E-state index contributed by atoms with van der Waals surface area (Å²) in [5.74, 6) is 4.06. The van der Waals surface area contributed by atoms with Crippen LogP contribution in [0.5, 0.6) is 11.5 Å². The Bertz CT molecular complexity index is 1110. The fourth-order valence-corrected chi connectivity index (χ4v) is 3.67. The number of hydrogen-bond donors (Lipinski definition) is 1. The number of nitrogens with one attached hydrogen (secondary N) is 1. The van der Waals surface area contributed by atoms with Gasteiger partial charge in [-0.15, -0.1) is 0 Å². The van der Waals surface area contributed by atoms with Gasteiger partial charge in [0.2, 0.25) is 0 Å². The van der Waals surface area contributed by atoms with Crippen LogP contribution in [0.15, 0.2) is 48.7 Å². The average molecular weight is 449 g/mol. The van der Waals surface area contributed by atoms with Crippen molar-refractivity contribution >= 4 is 23.4 Å². The van der Waals surface area contributed by atoms with Crippen LogP contribution in [0.25, 0.3) is 0 Å². The largest absolute Gasteiger partial charge is 0.493 e. The van der Waals surface area contributed by atoms with Crippen LogP contribution in [-0.2, 0) is 4.79 Å². The van der Waals surface area contributed by atoms with Crippen molar-refractivity contribution in [3.05, 3.63) is 60.0 Å². The second kappa shape index (κ2) is 10.2. The monoisotopic (exact) mass is 448 g/mol. The lowest BCUT2D eigenvalue weighted by Crippen LogP contribution is -2.50. The number of benzene rings is 1. The standard InChI is InChI=1S/C24H28N6O3/c1-17-8-9-25-21(14-17)28-22-15-23(27-18(2)26-22)29-10-12-30(13-11-29)24(31)16-33-20-7-5-4-6-19(20)32-3/h4-9,14-15H,10-13,16H2,1-3H3,(H,25,26,27,28). The summed E-state index contributed by atoms with van der Waals surface area (Å²) in [5.41, 5.74) is 1.12. The van der Waals surface area contributed by atoms with Gasteiger partial charge in [-0.25, -0.2) is 15.0 Å². The third-order valence-electron chi connectivity index (χ3n) is 5.37. The highest BCUT2D eigenvalue weighted by Crippen LogP contribution is 2.26. The molecule has 1 N–H and O–H groups in total. The zero-order valence-corrected chi connectivity index (χ0v) is 19.1. The Morgan fingerprint density at radius 3 is 2.48 bits per heavy atom. The molecule has 172 valence electrons. The Balaban J connectivity index is 1.34. The number of piperazine rings is 1. The first-order valence-electron chi connectivity index (χ1n) is 10.9. The third-order valence-corrected chi connectivity index (χ3v) is 5.37. The second-order valence-electron chi connectivity index (χ2n) is 7.81. The quantitative estimate of drug-likeness (QED) is 0.590. The normalized spacial score (nSPS) is 13.5. The van der Waals surface area contributed by atoms with E-state index >= 15 is 0 Å². The van der Waals surface area contributed by atoms with Gasteiger partial charge in [-0.1, -0.05) is 12.1 Å². The van der Waals surface area contributed by atoms with Crippen molar-refractivity contribution in [3.63, 3.8) is 0 Å². The van der Waals surface area contributed by atoms with E-state index in [1.807, 2.05) is 49.1 Å². The molecule has 33 heavy (non-hydrogen) atoms. The van der Waals surface area contributed by atoms with E-state index in [0.29, 0.717) is 49.3 Å². The molecular formula is C24H28N6O3. The van der Waals surface area contributed by atoms with Crippen molar-refractivity contribution in [1.29, 1.82) is 0 Å². The number of amides is 1. The van der Waals surface area contributed by atoms with Crippen LogP contribution in [-0.4, -0.2) is 65.7 Å². The number of aryl methyl sites for hydroxylation is 2. The number of nitrogens with zero attached hydrogens (tertiary/aromatic N) is 5. The van der Waals surface area contributed by atoms with Crippen molar-refractivity contribution < 1.29 is 14.3 Å². The van der Waals surface area contributed by atoms with Gasteiger partial charge in [-0.05, 0) is 43.7 Å². The van der Waals surface area contributed by atoms with Gasteiger partial charge >= 0.3 is 0 Å². The molecule has 1 saturated heterocycles. The van der Waals surface area contributed by atoms with Crippen molar-refractivity contribution in [2.24, 2.45) is 0 Å². The average Bonchev–Trinajstić information content (AvgIpc) is 2.82. The van der Waals surface area contributed by atoms with Gasteiger partial charge in [0.15, 0.2) is 18.1 Å². The number of carbonyl (C=O) groups is 1. The highest BCUT2D eigenvalue weighted by Gasteiger charge is 2.23. The molecule has 0 bridgehead atoms. The zero-order chi connectivity index (χ0) is 23.2. The summed E-state index contributed by atoms with van der Waals surface area (Å²) in [7, 11) is 1.58. The molecule has 9 nitrogen and oxygen atoms in total. The van der Waals surface area contributed by atoms with E-state index in [9.17, 15) is 4.79 Å². The predicted molar refractivity (Wildman–Crippen MR) is 126 cm³/mol. The van der Waals surface area contributed by atoms with Gasteiger partial charge in [0.1, 0.15) is 23.3 Å². The zero-order valence-electron chi connectivity index (χ0n) is 19.1. The number of rotatable bonds is 7. The minimum absolute atomic E-state index is 0.0233. The molecule has 1 aromatic carbocycles. The van der Waals surface area contributed by atoms with Crippen molar-refractivity contribution in [2.75, 3.05) is 50.1 Å². The number of carbonyl (C=O) groups excluding carboxylic acids is 1. The van der Waals surface area contributed by atoms with E-state index < -0.39 is 0 Å². The number of aromatic nitrogens is 3. The maximum Gasteiger partial charge on any atom is 0.260 e. The lowest BCUT2D eigenvalue weighted by atomic mass is 10.3. The molecule has 3 aromatic rings. The Labute approximate surface area is 193 Å². The van der Waals surface area contributed by atoms with Gasteiger partial charge in [-0.3, -0.25) is 4.79 Å². The molecule has 2 aromatic heterocycles. The number of anilines is 3. The van der Waals surface area contributed by atoms with Gasteiger partial charge < -0.3 is 24.6 Å². The maximum absolute atomic E-state index is 12.7. The van der Waals surface area contributed by atoms with Crippen LogP contribution in [0, 0.1) is 13.8 Å². The molecule has 0 radical (unpaired) electrons. The lowest BCUT2D eigenvalue weighted by molar-refractivity contribution is -0.133. The van der Waals surface area contributed by atoms with E-state index in [4.69, 9.17) is 9.47 Å². The van der Waals surface area contributed by atoms with Crippen LogP contribution in [0.1, 0.15) is 11.4 Å². The summed E-state index contributed by atoms with van der Waals surface area (Å²) in [4.78, 5) is 30.0. The van der Waals surface area contributed by atoms with Crippen LogP contribution < -0.4 is 19.7 Å². The molecule has 0 saturated carbocycles. The van der Waals surface area contributed by atoms with E-state index in [1.165, 1.54) is 0 Å². The Hall–Kier alpha value is -3.88. The topological polar surface area (TPSA) is 92.7 Å². The fraction of sp³-hybridized carbons (Fsp3) is 0.333. The van der Waals surface area contributed by atoms with Crippen molar-refractivity contribution in [3.8, 4) is 11.5 Å². The molecule has 9 heteroatoms. The summed E-state index contributed by atoms with van der Waals surface area (Å²) in [5, 5.41) is 3.25. The molecular weight excluding hydrogens is 420 g/mol. The Morgan fingerprint density at radius 1 is 1.00 bits per heavy atom. The summed E-state index contributed by atoms with van der Waals surface area (Å²) >= 11 is 0. The van der Waals surface area contributed by atoms with Gasteiger partial charge in [-0.2, -0.15) is 0 Å². The summed E-state index contributed by atoms with van der Waals surface area (Å²) < 4.78 is 11.0. The maximum atomic E-state index is 12.7. The number of pyridine rings is 1. The highest BCUT2D eigenvalue weighted by molar-refractivity contribution is 5.78. The summed E-state index contributed by atoms with van der Waals surface area (Å²) in [6.45, 7) is 6.42. The minimum Gasteiger partial charge on any atom is -0.493 e. The molecule has 0 atom stereocenters. The van der Waals surface area contributed by atoms with Gasteiger partial charge in [0.25, 0.3) is 5.91 Å². The highest BCUT2D eigenvalue weighted by atomic mass is 16.5. The Kier molecular flexibility index (Phi) is 6.87. The van der Waals surface area contributed by atoms with Crippen LogP contribution in [0.2, 0.25) is 0 Å². The lowest BCUT2D eigenvalue weighted by Gasteiger charge is -2.35. The van der Waals surface area contributed by atoms with E-state index in [2.05, 4.69) is 25.2 Å². The molecule has 1 aliphatic heterocycles. The molecule has 0 unspecified atom stereocenters. The number of methoxy groups -OCH3 is 1. The first kappa shape index (κ1) is 22.3. The van der Waals surface area contributed by atoms with Crippen LogP contribution in [0.3, 0.4) is 0 Å². The Morgan fingerprint density at radius 2 is 1.76 bits per heavy atom. The minimum atomic E-state index is -0.0488. The number of hydrogen-bond acceptors (Lipinski definition) is 8. The molecule has 1 aliphatic rings. The summed E-state index contributed by atoms with van der Waals surface area (Å²) in [6, 6.07) is 13.1. The molecule has 3 heterocycles. The van der Waals surface area contributed by atoms with E-state index in [1.54, 1.807) is 25.4 Å². The molecule has 1 amide bonds. The molecule has 4 rings (SSSR count). The SMILES string of the molecule is COc1ccccc1OCC(=O)N1CCN(c2cc(Nc3cc(C)ccn3)nc(C)n2)CC1. The molecule has 0 spiro atoms. The smallest absolute Gasteiger partial charge is 0.260 e. The van der Waals surface area contributed by atoms with Crippen LogP contribution >= 0.6 is 0 Å². The first-order chi connectivity index (χ1) is 16.0.